The number of rotatable bonds is 6. The van der Waals surface area contributed by atoms with Gasteiger partial charge in [-0.3, -0.25) is 10.3 Å². The largest absolute Gasteiger partial charge is 0.486 e. The molecule has 7 heteroatoms. The lowest BCUT2D eigenvalue weighted by molar-refractivity contribution is 0.0571. The van der Waals surface area contributed by atoms with E-state index in [1.165, 1.54) is 0 Å². The monoisotopic (exact) mass is 392 g/mol. The van der Waals surface area contributed by atoms with Crippen molar-refractivity contribution in [3.8, 4) is 5.75 Å². The standard InChI is InChI=1S/C18H14Cl2N2O2S/c19-15-6-13(17-8-14(24-22-17)9-21-11-25)7-16(20)18(15)23-10-12-4-2-1-3-5-12/h1-8,14,22H,9-10H2. The van der Waals surface area contributed by atoms with Gasteiger partial charge < -0.3 is 4.74 Å². The zero-order valence-corrected chi connectivity index (χ0v) is 15.4. The molecule has 1 heterocycles. The Labute approximate surface area is 161 Å². The Hall–Kier alpha value is -1.88. The first-order chi connectivity index (χ1) is 12.2. The van der Waals surface area contributed by atoms with Crippen LogP contribution < -0.4 is 10.2 Å². The minimum Gasteiger partial charge on any atom is -0.486 e. The minimum atomic E-state index is -0.211. The van der Waals surface area contributed by atoms with Crippen molar-refractivity contribution < 1.29 is 9.57 Å². The number of halogens is 2. The van der Waals surface area contributed by atoms with Crippen LogP contribution in [-0.2, 0) is 11.4 Å². The fourth-order valence-corrected chi connectivity index (χ4v) is 3.02. The fourth-order valence-electron chi connectivity index (χ4n) is 2.35. The topological polar surface area (TPSA) is 42.8 Å². The number of benzene rings is 2. The smallest absolute Gasteiger partial charge is 0.157 e. The highest BCUT2D eigenvalue weighted by atomic mass is 35.5. The number of isothiocyanates is 1. The van der Waals surface area contributed by atoms with Gasteiger partial charge in [0.1, 0.15) is 12.7 Å². The Bertz CT molecular complexity index is 813. The molecule has 0 fully saturated rings. The summed E-state index contributed by atoms with van der Waals surface area (Å²) in [5.74, 6) is 0.456. The van der Waals surface area contributed by atoms with Gasteiger partial charge in [-0.15, -0.1) is 0 Å². The van der Waals surface area contributed by atoms with Crippen LogP contribution in [0.2, 0.25) is 10.0 Å². The van der Waals surface area contributed by atoms with E-state index in [-0.39, 0.29) is 6.10 Å². The van der Waals surface area contributed by atoms with Crippen molar-refractivity contribution in [2.24, 2.45) is 4.99 Å². The van der Waals surface area contributed by atoms with E-state index >= 15 is 0 Å². The van der Waals surface area contributed by atoms with Crippen LogP contribution in [-0.4, -0.2) is 17.8 Å². The molecule has 0 saturated heterocycles. The van der Waals surface area contributed by atoms with E-state index in [9.17, 15) is 0 Å². The van der Waals surface area contributed by atoms with E-state index in [0.717, 1.165) is 16.8 Å². The quantitative estimate of drug-likeness (QED) is 0.559. The zero-order chi connectivity index (χ0) is 17.6. The number of thiocarbonyl (C=S) groups is 1. The third-order valence-electron chi connectivity index (χ3n) is 3.54. The highest BCUT2D eigenvalue weighted by Gasteiger charge is 2.19. The van der Waals surface area contributed by atoms with Gasteiger partial charge in [-0.2, -0.15) is 0 Å². The summed E-state index contributed by atoms with van der Waals surface area (Å²) in [6.45, 7) is 0.793. The van der Waals surface area contributed by atoms with Gasteiger partial charge >= 0.3 is 0 Å². The molecule has 0 spiro atoms. The maximum atomic E-state index is 6.35. The van der Waals surface area contributed by atoms with Crippen molar-refractivity contribution in [3.63, 3.8) is 0 Å². The van der Waals surface area contributed by atoms with Gasteiger partial charge in [0, 0.05) is 5.56 Å². The molecule has 1 atom stereocenters. The molecule has 0 radical (unpaired) electrons. The molecule has 0 bridgehead atoms. The van der Waals surface area contributed by atoms with Gasteiger partial charge in [-0.25, -0.2) is 4.99 Å². The van der Waals surface area contributed by atoms with Crippen LogP contribution in [0, 0.1) is 0 Å². The maximum Gasteiger partial charge on any atom is 0.157 e. The van der Waals surface area contributed by atoms with Gasteiger partial charge in [-0.05, 0) is 36.0 Å². The molecular weight excluding hydrogens is 379 g/mol. The molecule has 4 nitrogen and oxygen atoms in total. The lowest BCUT2D eigenvalue weighted by Gasteiger charge is -2.12. The fraction of sp³-hybridized carbons (Fsp3) is 0.167. The van der Waals surface area contributed by atoms with E-state index in [1.807, 2.05) is 36.4 Å². The summed E-state index contributed by atoms with van der Waals surface area (Å²) in [6.07, 6.45) is 1.68. The molecule has 0 saturated carbocycles. The first kappa shape index (κ1) is 17.9. The van der Waals surface area contributed by atoms with Crippen molar-refractivity contribution in [2.75, 3.05) is 6.54 Å². The van der Waals surface area contributed by atoms with Crippen molar-refractivity contribution >= 4 is 46.3 Å². The van der Waals surface area contributed by atoms with Crippen LogP contribution in [0.1, 0.15) is 11.1 Å². The van der Waals surface area contributed by atoms with Crippen molar-refractivity contribution in [1.29, 1.82) is 0 Å². The number of hydrogen-bond donors (Lipinski definition) is 1. The summed E-state index contributed by atoms with van der Waals surface area (Å²) in [7, 11) is 0. The molecule has 25 heavy (non-hydrogen) atoms. The van der Waals surface area contributed by atoms with Crippen LogP contribution in [0.15, 0.2) is 53.5 Å². The summed E-state index contributed by atoms with van der Waals surface area (Å²) in [5, 5.41) is 3.18. The second-order valence-electron chi connectivity index (χ2n) is 5.31. The predicted molar refractivity (Wildman–Crippen MR) is 103 cm³/mol. The van der Waals surface area contributed by atoms with Crippen LogP contribution in [0.4, 0.5) is 0 Å². The molecule has 2 aromatic carbocycles. The van der Waals surface area contributed by atoms with E-state index in [2.05, 4.69) is 27.9 Å². The molecule has 3 rings (SSSR count). The highest BCUT2D eigenvalue weighted by Crippen LogP contribution is 2.37. The molecular formula is C18H14Cl2N2O2S. The Morgan fingerprint density at radius 3 is 2.60 bits per heavy atom. The minimum absolute atomic E-state index is 0.211. The van der Waals surface area contributed by atoms with Crippen LogP contribution in [0.3, 0.4) is 0 Å². The van der Waals surface area contributed by atoms with Crippen molar-refractivity contribution in [2.45, 2.75) is 12.7 Å². The second kappa shape index (κ2) is 8.48. The third kappa shape index (κ3) is 4.60. The third-order valence-corrected chi connectivity index (χ3v) is 4.23. The van der Waals surface area contributed by atoms with Gasteiger partial charge in [0.25, 0.3) is 0 Å². The maximum absolute atomic E-state index is 6.35. The van der Waals surface area contributed by atoms with Gasteiger partial charge in [0.2, 0.25) is 0 Å². The number of aliphatic imine (C=N–C) groups is 1. The summed E-state index contributed by atoms with van der Waals surface area (Å²) in [6, 6.07) is 13.4. The van der Waals surface area contributed by atoms with Gasteiger partial charge in [-0.1, -0.05) is 53.5 Å². The molecule has 1 aliphatic rings. The lowest BCUT2D eigenvalue weighted by Crippen LogP contribution is -2.14. The lowest BCUT2D eigenvalue weighted by atomic mass is 10.1. The Morgan fingerprint density at radius 2 is 1.92 bits per heavy atom. The van der Waals surface area contributed by atoms with E-state index in [1.54, 1.807) is 12.1 Å². The summed E-state index contributed by atoms with van der Waals surface area (Å²) >= 11 is 17.3. The molecule has 1 aliphatic heterocycles. The molecule has 1 unspecified atom stereocenters. The average Bonchev–Trinajstić information content (AvgIpc) is 3.09. The van der Waals surface area contributed by atoms with Gasteiger partial charge in [0.05, 0.1) is 27.4 Å². The van der Waals surface area contributed by atoms with Crippen LogP contribution >= 0.6 is 35.4 Å². The Morgan fingerprint density at radius 1 is 1.20 bits per heavy atom. The highest BCUT2D eigenvalue weighted by molar-refractivity contribution is 7.78. The zero-order valence-electron chi connectivity index (χ0n) is 13.0. The normalized spacial score (nSPS) is 15.9. The predicted octanol–water partition coefficient (Wildman–Crippen LogP) is 4.92. The van der Waals surface area contributed by atoms with E-state index in [4.69, 9.17) is 32.8 Å². The number of hydroxylamine groups is 1. The molecule has 0 amide bonds. The van der Waals surface area contributed by atoms with Crippen LogP contribution in [0.25, 0.3) is 5.70 Å². The van der Waals surface area contributed by atoms with Crippen molar-refractivity contribution in [3.05, 3.63) is 69.7 Å². The SMILES string of the molecule is S=C=NCC1C=C(c2cc(Cl)c(OCc3ccccc3)c(Cl)c2)NO1. The average molecular weight is 393 g/mol. The van der Waals surface area contributed by atoms with Crippen LogP contribution in [0.5, 0.6) is 5.75 Å². The second-order valence-corrected chi connectivity index (χ2v) is 6.31. The molecule has 0 aliphatic carbocycles. The number of hydrogen-bond acceptors (Lipinski definition) is 5. The number of ether oxygens (including phenoxy) is 1. The number of nitrogens with zero attached hydrogens (tertiary/aromatic N) is 1. The van der Waals surface area contributed by atoms with Crippen molar-refractivity contribution in [1.82, 2.24) is 5.48 Å². The first-order valence-corrected chi connectivity index (χ1v) is 8.67. The first-order valence-electron chi connectivity index (χ1n) is 7.50. The molecule has 128 valence electrons. The summed E-state index contributed by atoms with van der Waals surface area (Å²) < 4.78 is 5.78. The van der Waals surface area contributed by atoms with E-state index in [0.29, 0.717) is 28.9 Å². The molecule has 2 aromatic rings. The van der Waals surface area contributed by atoms with E-state index < -0.39 is 0 Å². The summed E-state index contributed by atoms with van der Waals surface area (Å²) in [4.78, 5) is 9.26. The molecule has 0 aromatic heterocycles. The van der Waals surface area contributed by atoms with Gasteiger partial charge in [0.15, 0.2) is 5.75 Å². The molecule has 1 N–H and O–H groups in total. The summed E-state index contributed by atoms with van der Waals surface area (Å²) in [5.41, 5.74) is 5.45. The Balaban J connectivity index is 1.75. The number of nitrogens with one attached hydrogen (secondary N) is 1. The Kier molecular flexibility index (Phi) is 6.08.